The molecule has 11 heteroatoms. The number of carbonyl (C=O) groups is 2. The standard InChI is InChI=1S/C18H25F3IN3O4/c1-17(2,18(19,20)21)14(25-16(28)29-3)15(27)24-12(13(26)9-23)8-10-4-6-11(22)7-5-10/h4-7,12-14,26H,8-9,23H2,1-3H3,(H,24,27)(H,25,28)/t12-,13-,14+/m0/s1. The van der Waals surface area contributed by atoms with Crippen molar-refractivity contribution in [2.75, 3.05) is 13.7 Å². The number of nitrogens with one attached hydrogen (secondary N) is 2. The molecule has 0 saturated heterocycles. The predicted octanol–water partition coefficient (Wildman–Crippen LogP) is 1.95. The van der Waals surface area contributed by atoms with Gasteiger partial charge in [0.2, 0.25) is 5.91 Å². The lowest BCUT2D eigenvalue weighted by molar-refractivity contribution is -0.220. The number of amides is 2. The zero-order valence-electron chi connectivity index (χ0n) is 16.2. The Morgan fingerprint density at radius 2 is 1.76 bits per heavy atom. The summed E-state index contributed by atoms with van der Waals surface area (Å²) in [5.74, 6) is -1.11. The Kier molecular flexibility index (Phi) is 9.15. The number of methoxy groups -OCH3 is 1. The van der Waals surface area contributed by atoms with E-state index < -0.39 is 41.8 Å². The molecule has 0 spiro atoms. The summed E-state index contributed by atoms with van der Waals surface area (Å²) in [5.41, 5.74) is 3.63. The lowest BCUT2D eigenvalue weighted by Crippen LogP contribution is -2.62. The van der Waals surface area contributed by atoms with Crippen LogP contribution < -0.4 is 16.4 Å². The quantitative estimate of drug-likeness (QED) is 0.383. The van der Waals surface area contributed by atoms with Crippen LogP contribution in [0, 0.1) is 8.99 Å². The van der Waals surface area contributed by atoms with E-state index in [0.29, 0.717) is 0 Å². The average molecular weight is 531 g/mol. The largest absolute Gasteiger partial charge is 0.453 e. The van der Waals surface area contributed by atoms with Crippen molar-refractivity contribution in [3.63, 3.8) is 0 Å². The van der Waals surface area contributed by atoms with Gasteiger partial charge >= 0.3 is 12.3 Å². The van der Waals surface area contributed by atoms with E-state index in [1.165, 1.54) is 0 Å². The summed E-state index contributed by atoms with van der Waals surface area (Å²) in [5, 5.41) is 14.5. The fourth-order valence-electron chi connectivity index (χ4n) is 2.50. The van der Waals surface area contributed by atoms with Crippen molar-refractivity contribution in [3.05, 3.63) is 33.4 Å². The second-order valence-corrected chi connectivity index (χ2v) is 8.28. The zero-order chi connectivity index (χ0) is 22.4. The highest BCUT2D eigenvalue weighted by Gasteiger charge is 2.55. The Balaban J connectivity index is 3.13. The molecule has 0 fully saturated rings. The van der Waals surface area contributed by atoms with Gasteiger partial charge in [-0.05, 0) is 60.6 Å². The van der Waals surface area contributed by atoms with Gasteiger partial charge in [-0.2, -0.15) is 13.2 Å². The number of aliphatic hydroxyl groups excluding tert-OH is 1. The number of nitrogens with two attached hydrogens (primary N) is 1. The lowest BCUT2D eigenvalue weighted by Gasteiger charge is -2.36. The number of benzene rings is 1. The Morgan fingerprint density at radius 3 is 2.21 bits per heavy atom. The Bertz CT molecular complexity index is 699. The fourth-order valence-corrected chi connectivity index (χ4v) is 2.86. The van der Waals surface area contributed by atoms with E-state index in [4.69, 9.17) is 5.73 Å². The van der Waals surface area contributed by atoms with Crippen LogP contribution in [0.2, 0.25) is 0 Å². The molecule has 7 nitrogen and oxygen atoms in total. The SMILES string of the molecule is COC(=O)N[C@H](C(=O)N[C@@H](Cc1ccc(I)cc1)[C@@H](O)CN)C(C)(C)C(F)(F)F. The molecule has 2 amide bonds. The van der Waals surface area contributed by atoms with Crippen LogP contribution in [0.1, 0.15) is 19.4 Å². The fraction of sp³-hybridized carbons (Fsp3) is 0.556. The summed E-state index contributed by atoms with van der Waals surface area (Å²) in [6.45, 7) is 1.37. The maximum absolute atomic E-state index is 13.5. The molecule has 0 unspecified atom stereocenters. The van der Waals surface area contributed by atoms with Gasteiger partial charge in [-0.15, -0.1) is 0 Å². The molecule has 3 atom stereocenters. The van der Waals surface area contributed by atoms with Crippen LogP contribution in [0.5, 0.6) is 0 Å². The number of rotatable bonds is 8. The molecule has 0 aromatic heterocycles. The first-order chi connectivity index (χ1) is 13.3. The molecule has 0 aliphatic heterocycles. The molecule has 0 bridgehead atoms. The van der Waals surface area contributed by atoms with Gasteiger partial charge < -0.3 is 26.2 Å². The number of alkyl halides is 3. The number of halogens is 4. The first-order valence-electron chi connectivity index (χ1n) is 8.67. The highest BCUT2D eigenvalue weighted by atomic mass is 127. The summed E-state index contributed by atoms with van der Waals surface area (Å²) in [6, 6.07) is 4.23. The molecule has 0 heterocycles. The third-order valence-corrected chi connectivity index (χ3v) is 5.28. The molecule has 1 rings (SSSR count). The average Bonchev–Trinajstić information content (AvgIpc) is 2.65. The summed E-state index contributed by atoms with van der Waals surface area (Å²) < 4.78 is 45.8. The van der Waals surface area contributed by atoms with Gasteiger partial charge in [0, 0.05) is 10.1 Å². The van der Waals surface area contributed by atoms with Crippen molar-refractivity contribution >= 4 is 34.6 Å². The number of hydrogen-bond acceptors (Lipinski definition) is 5. The molecule has 0 aliphatic rings. The van der Waals surface area contributed by atoms with Crippen LogP contribution in [-0.2, 0) is 16.0 Å². The Hall–Kier alpha value is -1.60. The second kappa shape index (κ2) is 10.4. The molecular weight excluding hydrogens is 506 g/mol. The van der Waals surface area contributed by atoms with Gasteiger partial charge in [-0.1, -0.05) is 12.1 Å². The highest BCUT2D eigenvalue weighted by Crippen LogP contribution is 2.40. The van der Waals surface area contributed by atoms with Gasteiger partial charge in [0.05, 0.1) is 24.7 Å². The minimum atomic E-state index is -4.80. The molecule has 1 aromatic carbocycles. The lowest BCUT2D eigenvalue weighted by atomic mass is 9.82. The van der Waals surface area contributed by atoms with Gasteiger partial charge in [0.15, 0.2) is 0 Å². The van der Waals surface area contributed by atoms with Crippen molar-refractivity contribution < 1.29 is 32.6 Å². The minimum absolute atomic E-state index is 0.137. The summed E-state index contributed by atoms with van der Waals surface area (Å²) in [4.78, 5) is 24.3. The van der Waals surface area contributed by atoms with E-state index in [2.05, 4.69) is 32.6 Å². The molecule has 5 N–H and O–H groups in total. The maximum Gasteiger partial charge on any atom is 0.407 e. The van der Waals surface area contributed by atoms with Crippen molar-refractivity contribution in [3.8, 4) is 0 Å². The topological polar surface area (TPSA) is 114 Å². The van der Waals surface area contributed by atoms with Gasteiger partial charge in [0.1, 0.15) is 6.04 Å². The molecular formula is C18H25F3IN3O4. The van der Waals surface area contributed by atoms with Crippen LogP contribution in [-0.4, -0.2) is 55.1 Å². The zero-order valence-corrected chi connectivity index (χ0v) is 18.4. The van der Waals surface area contributed by atoms with Crippen LogP contribution in [0.25, 0.3) is 0 Å². The van der Waals surface area contributed by atoms with E-state index in [0.717, 1.165) is 30.1 Å². The molecule has 0 saturated carbocycles. The Morgan fingerprint density at radius 1 is 1.21 bits per heavy atom. The van der Waals surface area contributed by atoms with E-state index in [9.17, 15) is 27.9 Å². The molecule has 1 aromatic rings. The van der Waals surface area contributed by atoms with Crippen LogP contribution in [0.15, 0.2) is 24.3 Å². The number of hydrogen-bond donors (Lipinski definition) is 4. The molecule has 164 valence electrons. The summed E-state index contributed by atoms with van der Waals surface area (Å²) in [7, 11) is 0.975. The van der Waals surface area contributed by atoms with Crippen molar-refractivity contribution in [2.45, 2.75) is 44.6 Å². The number of ether oxygens (including phenoxy) is 1. The van der Waals surface area contributed by atoms with Crippen molar-refractivity contribution in [1.82, 2.24) is 10.6 Å². The summed E-state index contributed by atoms with van der Waals surface area (Å²) >= 11 is 2.11. The third-order valence-electron chi connectivity index (χ3n) is 4.56. The smallest absolute Gasteiger partial charge is 0.407 e. The minimum Gasteiger partial charge on any atom is -0.453 e. The normalized spacial score (nSPS) is 15.2. The van der Waals surface area contributed by atoms with Gasteiger partial charge in [0.25, 0.3) is 0 Å². The van der Waals surface area contributed by atoms with E-state index in [-0.39, 0.29) is 13.0 Å². The van der Waals surface area contributed by atoms with Crippen LogP contribution >= 0.6 is 22.6 Å². The molecule has 0 aliphatic carbocycles. The van der Waals surface area contributed by atoms with E-state index in [1.54, 1.807) is 12.1 Å². The highest BCUT2D eigenvalue weighted by molar-refractivity contribution is 14.1. The van der Waals surface area contributed by atoms with Gasteiger partial charge in [-0.3, -0.25) is 4.79 Å². The third kappa shape index (κ3) is 7.00. The first kappa shape index (κ1) is 25.4. The second-order valence-electron chi connectivity index (χ2n) is 7.04. The Labute approximate surface area is 180 Å². The number of aliphatic hydroxyl groups is 1. The van der Waals surface area contributed by atoms with Crippen molar-refractivity contribution in [2.24, 2.45) is 11.1 Å². The number of carbonyl (C=O) groups excluding carboxylic acids is 2. The first-order valence-corrected chi connectivity index (χ1v) is 9.75. The van der Waals surface area contributed by atoms with Crippen molar-refractivity contribution in [1.29, 1.82) is 0 Å². The molecule has 0 radical (unpaired) electrons. The van der Waals surface area contributed by atoms with E-state index in [1.807, 2.05) is 17.4 Å². The molecule has 29 heavy (non-hydrogen) atoms. The van der Waals surface area contributed by atoms with Gasteiger partial charge in [-0.25, -0.2) is 4.79 Å². The monoisotopic (exact) mass is 531 g/mol. The van der Waals surface area contributed by atoms with E-state index >= 15 is 0 Å². The number of alkyl carbamates (subject to hydrolysis) is 1. The summed E-state index contributed by atoms with van der Waals surface area (Å²) in [6.07, 6.45) is -7.05. The van der Waals surface area contributed by atoms with Crippen LogP contribution in [0.4, 0.5) is 18.0 Å². The predicted molar refractivity (Wildman–Crippen MR) is 109 cm³/mol. The maximum atomic E-state index is 13.5. The van der Waals surface area contributed by atoms with Crippen LogP contribution in [0.3, 0.4) is 0 Å².